The largest absolute Gasteiger partial charge is 0.455 e. The highest BCUT2D eigenvalue weighted by Crippen LogP contribution is 2.09. The second-order valence-corrected chi connectivity index (χ2v) is 5.18. The number of amides is 2. The summed E-state index contributed by atoms with van der Waals surface area (Å²) in [7, 11) is 0. The lowest BCUT2D eigenvalue weighted by Gasteiger charge is -2.06. The quantitative estimate of drug-likeness (QED) is 0.541. The van der Waals surface area contributed by atoms with Gasteiger partial charge in [-0.1, -0.05) is 5.92 Å². The standard InChI is InChI=1S/C15H15FN2O4S/c1-2-7-17-13(19)8-22-15(21)10-23-9-14(20)18-12-5-3-11(16)4-6-12/h1,3-6H,7-10H2,(H,17,19)(H,18,20). The molecule has 0 aliphatic heterocycles. The lowest BCUT2D eigenvalue weighted by molar-refractivity contribution is -0.145. The van der Waals surface area contributed by atoms with E-state index in [9.17, 15) is 18.8 Å². The van der Waals surface area contributed by atoms with Gasteiger partial charge in [0.25, 0.3) is 5.91 Å². The molecular formula is C15H15FN2O4S. The fourth-order valence-corrected chi connectivity index (χ4v) is 1.96. The predicted molar refractivity (Wildman–Crippen MR) is 85.2 cm³/mol. The molecule has 0 heterocycles. The molecule has 0 saturated carbocycles. The number of carbonyl (C=O) groups excluding carboxylic acids is 3. The normalized spacial score (nSPS) is 9.57. The van der Waals surface area contributed by atoms with Crippen LogP contribution in [0.1, 0.15) is 0 Å². The zero-order valence-corrected chi connectivity index (χ0v) is 13.0. The molecule has 0 fully saturated rings. The first kappa shape index (κ1) is 18.5. The maximum atomic E-state index is 12.7. The summed E-state index contributed by atoms with van der Waals surface area (Å²) in [5.74, 6) is 0.337. The van der Waals surface area contributed by atoms with E-state index in [1.54, 1.807) is 0 Å². The number of hydrogen-bond donors (Lipinski definition) is 2. The van der Waals surface area contributed by atoms with E-state index in [0.29, 0.717) is 5.69 Å². The molecule has 1 aromatic rings. The Morgan fingerprint density at radius 2 is 1.87 bits per heavy atom. The van der Waals surface area contributed by atoms with Gasteiger partial charge in [-0.05, 0) is 24.3 Å². The highest BCUT2D eigenvalue weighted by atomic mass is 32.2. The molecule has 6 nitrogen and oxygen atoms in total. The number of anilines is 1. The van der Waals surface area contributed by atoms with Gasteiger partial charge in [-0.15, -0.1) is 18.2 Å². The second-order valence-electron chi connectivity index (χ2n) is 4.19. The van der Waals surface area contributed by atoms with Gasteiger partial charge in [0.15, 0.2) is 6.61 Å². The van der Waals surface area contributed by atoms with Gasteiger partial charge in [-0.3, -0.25) is 14.4 Å². The van der Waals surface area contributed by atoms with Crippen LogP contribution in [0.2, 0.25) is 0 Å². The third kappa shape index (κ3) is 8.48. The number of terminal acetylenes is 1. The van der Waals surface area contributed by atoms with Gasteiger partial charge in [0.1, 0.15) is 5.82 Å². The van der Waals surface area contributed by atoms with Crippen molar-refractivity contribution in [2.24, 2.45) is 0 Å². The number of thioether (sulfide) groups is 1. The molecule has 0 spiro atoms. The van der Waals surface area contributed by atoms with Crippen LogP contribution in [0, 0.1) is 18.2 Å². The number of rotatable bonds is 8. The Morgan fingerprint density at radius 1 is 1.17 bits per heavy atom. The topological polar surface area (TPSA) is 84.5 Å². The van der Waals surface area contributed by atoms with Crippen molar-refractivity contribution in [3.05, 3.63) is 30.1 Å². The number of carbonyl (C=O) groups is 3. The van der Waals surface area contributed by atoms with Gasteiger partial charge in [0.2, 0.25) is 5.91 Å². The van der Waals surface area contributed by atoms with Crippen LogP contribution in [0.4, 0.5) is 10.1 Å². The number of hydrogen-bond acceptors (Lipinski definition) is 5. The molecule has 8 heteroatoms. The molecule has 0 aliphatic rings. The maximum Gasteiger partial charge on any atom is 0.316 e. The molecule has 0 saturated heterocycles. The summed E-state index contributed by atoms with van der Waals surface area (Å²) >= 11 is 1.04. The van der Waals surface area contributed by atoms with Gasteiger partial charge in [0.05, 0.1) is 18.1 Å². The van der Waals surface area contributed by atoms with Crippen LogP contribution in [-0.2, 0) is 19.1 Å². The highest BCUT2D eigenvalue weighted by Gasteiger charge is 2.09. The minimum atomic E-state index is -0.611. The van der Waals surface area contributed by atoms with Crippen LogP contribution in [0.15, 0.2) is 24.3 Å². The molecule has 2 N–H and O–H groups in total. The minimum Gasteiger partial charge on any atom is -0.455 e. The molecule has 23 heavy (non-hydrogen) atoms. The van der Waals surface area contributed by atoms with E-state index in [4.69, 9.17) is 11.2 Å². The summed E-state index contributed by atoms with van der Waals surface area (Å²) in [6.45, 7) is -0.350. The Hall–Kier alpha value is -2.53. The van der Waals surface area contributed by atoms with Crippen molar-refractivity contribution >= 4 is 35.2 Å². The fraction of sp³-hybridized carbons (Fsp3) is 0.267. The smallest absolute Gasteiger partial charge is 0.316 e. The van der Waals surface area contributed by atoms with Crippen molar-refractivity contribution in [3.63, 3.8) is 0 Å². The van der Waals surface area contributed by atoms with Gasteiger partial charge < -0.3 is 15.4 Å². The van der Waals surface area contributed by atoms with Gasteiger partial charge in [-0.2, -0.15) is 0 Å². The summed E-state index contributed by atoms with van der Waals surface area (Å²) < 4.78 is 17.4. The highest BCUT2D eigenvalue weighted by molar-refractivity contribution is 8.00. The van der Waals surface area contributed by atoms with Crippen LogP contribution in [-0.4, -0.2) is 42.4 Å². The molecule has 0 aliphatic carbocycles. The van der Waals surface area contributed by atoms with Crippen LogP contribution < -0.4 is 10.6 Å². The van der Waals surface area contributed by atoms with Crippen molar-refractivity contribution < 1.29 is 23.5 Å². The molecule has 1 aromatic carbocycles. The van der Waals surface area contributed by atoms with E-state index < -0.39 is 24.3 Å². The van der Waals surface area contributed by atoms with Crippen molar-refractivity contribution in [3.8, 4) is 12.3 Å². The molecule has 0 aromatic heterocycles. The molecule has 2 amide bonds. The summed E-state index contributed by atoms with van der Waals surface area (Å²) in [4.78, 5) is 34.1. The predicted octanol–water partition coefficient (Wildman–Crippen LogP) is 0.790. The average Bonchev–Trinajstić information content (AvgIpc) is 2.53. The Labute approximate surface area is 137 Å². The average molecular weight is 338 g/mol. The third-order valence-electron chi connectivity index (χ3n) is 2.33. The summed E-state index contributed by atoms with van der Waals surface area (Å²) in [5.41, 5.74) is 0.463. The first-order chi connectivity index (χ1) is 11.0. The van der Waals surface area contributed by atoms with Crippen molar-refractivity contribution in [2.75, 3.05) is 30.0 Å². The SMILES string of the molecule is C#CCNC(=O)COC(=O)CSCC(=O)Nc1ccc(F)cc1. The van der Waals surface area contributed by atoms with Crippen LogP contribution >= 0.6 is 11.8 Å². The summed E-state index contributed by atoms with van der Waals surface area (Å²) in [6.07, 6.45) is 4.96. The third-order valence-corrected chi connectivity index (χ3v) is 3.24. The number of halogens is 1. The van der Waals surface area contributed by atoms with E-state index in [1.165, 1.54) is 24.3 Å². The maximum absolute atomic E-state index is 12.7. The Kier molecular flexibility index (Phi) is 8.24. The summed E-state index contributed by atoms with van der Waals surface area (Å²) in [6, 6.07) is 5.32. The van der Waals surface area contributed by atoms with E-state index in [1.807, 2.05) is 0 Å². The van der Waals surface area contributed by atoms with Crippen LogP contribution in [0.3, 0.4) is 0 Å². The first-order valence-corrected chi connectivity index (χ1v) is 7.65. The lowest BCUT2D eigenvalue weighted by atomic mass is 10.3. The molecule has 0 radical (unpaired) electrons. The van der Waals surface area contributed by atoms with Gasteiger partial charge >= 0.3 is 5.97 Å². The second kappa shape index (κ2) is 10.2. The fourth-order valence-electron chi connectivity index (χ4n) is 1.35. The Bertz CT molecular complexity index is 598. The van der Waals surface area contributed by atoms with Crippen LogP contribution in [0.25, 0.3) is 0 Å². The van der Waals surface area contributed by atoms with E-state index in [2.05, 4.69) is 16.6 Å². The zero-order chi connectivity index (χ0) is 17.1. The molecular weight excluding hydrogens is 323 g/mol. The molecule has 0 bridgehead atoms. The first-order valence-electron chi connectivity index (χ1n) is 6.50. The number of nitrogens with one attached hydrogen (secondary N) is 2. The van der Waals surface area contributed by atoms with Crippen LogP contribution in [0.5, 0.6) is 0 Å². The number of ether oxygens (including phenoxy) is 1. The molecule has 0 unspecified atom stereocenters. The lowest BCUT2D eigenvalue weighted by Crippen LogP contribution is -2.29. The van der Waals surface area contributed by atoms with E-state index in [-0.39, 0.29) is 24.0 Å². The number of esters is 1. The Morgan fingerprint density at radius 3 is 2.52 bits per heavy atom. The van der Waals surface area contributed by atoms with E-state index >= 15 is 0 Å². The van der Waals surface area contributed by atoms with Crippen molar-refractivity contribution in [2.45, 2.75) is 0 Å². The van der Waals surface area contributed by atoms with Gasteiger partial charge in [0, 0.05) is 5.69 Å². The zero-order valence-electron chi connectivity index (χ0n) is 12.1. The Balaban J connectivity index is 2.16. The van der Waals surface area contributed by atoms with E-state index in [0.717, 1.165) is 11.8 Å². The van der Waals surface area contributed by atoms with Crippen molar-refractivity contribution in [1.82, 2.24) is 5.32 Å². The molecule has 122 valence electrons. The van der Waals surface area contributed by atoms with Crippen molar-refractivity contribution in [1.29, 1.82) is 0 Å². The minimum absolute atomic E-state index is 0.0236. The molecule has 0 atom stereocenters. The van der Waals surface area contributed by atoms with Gasteiger partial charge in [-0.25, -0.2) is 4.39 Å². The number of benzene rings is 1. The molecule has 1 rings (SSSR count). The monoisotopic (exact) mass is 338 g/mol. The summed E-state index contributed by atoms with van der Waals surface area (Å²) in [5, 5.41) is 4.90.